The number of nitrogens with zero attached hydrogens (tertiary/aromatic N) is 15. The van der Waals surface area contributed by atoms with Crippen LogP contribution in [0.5, 0.6) is 11.5 Å². The number of amides is 1. The van der Waals surface area contributed by atoms with Gasteiger partial charge in [0.05, 0.1) is 46.1 Å². The molecule has 4 aromatic carbocycles. The quantitative estimate of drug-likeness (QED) is 0.0701. The second kappa shape index (κ2) is 30.3. The van der Waals surface area contributed by atoms with Gasteiger partial charge in [0.1, 0.15) is 61.1 Å². The molecule has 9 aromatic rings. The molecule has 95 heavy (non-hydrogen) atoms. The molecule has 3 aliphatic rings. The summed E-state index contributed by atoms with van der Waals surface area (Å²) in [5.74, 6) is -0.0425. The minimum Gasteiger partial charge on any atom is -0.493 e. The number of primary sulfonamides is 1. The van der Waals surface area contributed by atoms with Crippen molar-refractivity contribution in [2.45, 2.75) is 87.6 Å². The second-order valence-corrected chi connectivity index (χ2v) is 28.1. The highest BCUT2D eigenvalue weighted by Crippen LogP contribution is 2.41. The molecule has 0 saturated carbocycles. The molecule has 5 aromatic heterocycles. The first-order valence-corrected chi connectivity index (χ1v) is 35.2. The van der Waals surface area contributed by atoms with Crippen LogP contribution in [0.25, 0.3) is 28.1 Å². The molecule has 4 N–H and O–H groups in total. The number of halogens is 2. The first kappa shape index (κ1) is 69.6. The molecule has 0 radical (unpaired) electrons. The molecule has 3 aliphatic heterocycles. The van der Waals surface area contributed by atoms with Gasteiger partial charge < -0.3 is 43.9 Å². The zero-order chi connectivity index (χ0) is 67.8. The number of aromatic amines is 1. The van der Waals surface area contributed by atoms with Crippen LogP contribution in [-0.2, 0) is 60.1 Å². The number of rotatable bonds is 20. The first-order chi connectivity index (χ1) is 45.5. The molecule has 3 fully saturated rings. The van der Waals surface area contributed by atoms with Crippen molar-refractivity contribution in [1.29, 1.82) is 0 Å². The molecule has 3 atom stereocenters. The highest BCUT2D eigenvalue weighted by atomic mass is 35.5. The molecule has 12 rings (SSSR count). The molecule has 34 heteroatoms. The fourth-order valence-corrected chi connectivity index (χ4v) is 14.2. The molecule has 0 bridgehead atoms. The van der Waals surface area contributed by atoms with Crippen LogP contribution in [0.3, 0.4) is 0 Å². The highest BCUT2D eigenvalue weighted by molar-refractivity contribution is 7.91. The van der Waals surface area contributed by atoms with Crippen LogP contribution in [0.15, 0.2) is 123 Å². The van der Waals surface area contributed by atoms with Gasteiger partial charge >= 0.3 is 5.69 Å². The van der Waals surface area contributed by atoms with Crippen molar-refractivity contribution in [2.75, 3.05) is 94.3 Å². The van der Waals surface area contributed by atoms with Gasteiger partial charge in [0.2, 0.25) is 31.2 Å². The number of nitrogens with one attached hydrogen (secondary N) is 2. The van der Waals surface area contributed by atoms with Gasteiger partial charge in [0.25, 0.3) is 15.6 Å². The summed E-state index contributed by atoms with van der Waals surface area (Å²) in [6.45, 7) is 16.2. The third-order valence-corrected chi connectivity index (χ3v) is 20.5. The van der Waals surface area contributed by atoms with Gasteiger partial charge in [-0.1, -0.05) is 60.9 Å². The van der Waals surface area contributed by atoms with E-state index in [0.29, 0.717) is 102 Å². The number of H-pyrrole nitrogens is 1. The maximum atomic E-state index is 13.3. The van der Waals surface area contributed by atoms with E-state index in [4.69, 9.17) is 52.3 Å². The van der Waals surface area contributed by atoms with Gasteiger partial charge in [0.15, 0.2) is 5.52 Å². The summed E-state index contributed by atoms with van der Waals surface area (Å²) in [6, 6.07) is 26.3. The van der Waals surface area contributed by atoms with E-state index in [1.165, 1.54) is 26.9 Å². The number of benzene rings is 4. The first-order valence-electron chi connectivity index (χ1n) is 30.6. The standard InChI is InChI=1S/C35H38Cl2N8O4.C22H30N6O4S.C4H6N4O3S2/c1-3-25(2)45-34(46)44(24-40-45)29-7-5-27(6-8-29)41-14-16-42(17-15-41)28-9-11-30(12-10-28)47-19-31-20-48-35(49-31,21-43-23-38-22-39-43)32-13-4-26(36)18-33(32)37;1-5-7-17-19-20(27(4)25-17)22(29)24-21(23-19)16-14-15(8-9-18(16)32-6-2)33(30,31)28-12-10-26(3)11-13-28;1-2(9)6-3-7-8-4(12-3)13(5,10)11/h4-13,18,22-25,31H,3,14-17,19-21H2,1-2H3;8-9,14H,5-7,10-13H2,1-4H3,(H,23,24,29);1H3,(H2,5,10,11)(H,6,7,9)/t25?,31-,35-;;/m0../s1. The lowest BCUT2D eigenvalue weighted by atomic mass is 10.1. The zero-order valence-electron chi connectivity index (χ0n) is 53.3. The Hall–Kier alpha value is -8.18. The van der Waals surface area contributed by atoms with E-state index in [0.717, 1.165) is 67.5 Å². The van der Waals surface area contributed by atoms with Crippen molar-refractivity contribution in [2.24, 2.45) is 12.2 Å². The molecule has 1 unspecified atom stereocenters. The Morgan fingerprint density at radius 1 is 0.853 bits per heavy atom. The Labute approximate surface area is 562 Å². The Kier molecular flexibility index (Phi) is 22.2. The summed E-state index contributed by atoms with van der Waals surface area (Å²) in [7, 11) is -3.83. The van der Waals surface area contributed by atoms with Gasteiger partial charge in [-0.15, -0.1) is 10.2 Å². The molecule has 29 nitrogen and oxygen atoms in total. The van der Waals surface area contributed by atoms with Crippen LogP contribution in [0.4, 0.5) is 16.5 Å². The number of carbonyl (C=O) groups excluding carboxylic acids is 1. The van der Waals surface area contributed by atoms with E-state index in [2.05, 4.69) is 79.7 Å². The van der Waals surface area contributed by atoms with Crippen molar-refractivity contribution >= 4 is 88.0 Å². The molecule has 0 aliphatic carbocycles. The maximum Gasteiger partial charge on any atom is 0.350 e. The van der Waals surface area contributed by atoms with Crippen molar-refractivity contribution < 1.29 is 40.6 Å². The molecule has 0 spiro atoms. The van der Waals surface area contributed by atoms with Crippen molar-refractivity contribution in [3.63, 3.8) is 0 Å². The Morgan fingerprint density at radius 2 is 1.54 bits per heavy atom. The fourth-order valence-electron chi connectivity index (χ4n) is 10.9. The number of fused-ring (bicyclic) bond motifs is 1. The lowest BCUT2D eigenvalue weighted by molar-refractivity contribution is -0.190. The van der Waals surface area contributed by atoms with Crippen LogP contribution < -0.4 is 41.0 Å². The topological polar surface area (TPSA) is 333 Å². The molecule has 506 valence electrons. The van der Waals surface area contributed by atoms with Crippen molar-refractivity contribution in [1.82, 2.24) is 68.3 Å². The monoisotopic (exact) mass is 1400 g/mol. The molecular weight excluding hydrogens is 1330 g/mol. The van der Waals surface area contributed by atoms with Crippen LogP contribution in [0.1, 0.15) is 64.8 Å². The van der Waals surface area contributed by atoms with E-state index in [-0.39, 0.29) is 56.0 Å². The zero-order valence-corrected chi connectivity index (χ0v) is 57.3. The minimum absolute atomic E-state index is 0.0645. The predicted octanol–water partition coefficient (Wildman–Crippen LogP) is 6.33. The Balaban J connectivity index is 0.000000183. The average Bonchev–Trinajstić information content (AvgIpc) is 1.75. The molecule has 1 amide bonds. The summed E-state index contributed by atoms with van der Waals surface area (Å²) < 4.78 is 80.2. The number of piperazine rings is 2. The van der Waals surface area contributed by atoms with Gasteiger partial charge in [-0.25, -0.2) is 50.7 Å². The van der Waals surface area contributed by atoms with E-state index in [1.807, 2.05) is 65.1 Å². The number of aryl methyl sites for hydroxylation is 2. The van der Waals surface area contributed by atoms with E-state index < -0.39 is 25.8 Å². The van der Waals surface area contributed by atoms with Crippen LogP contribution >= 0.6 is 34.5 Å². The minimum atomic E-state index is -3.82. The van der Waals surface area contributed by atoms with Crippen LogP contribution in [-0.4, -0.2) is 176 Å². The number of aromatic nitrogens is 12. The third-order valence-electron chi connectivity index (χ3n) is 15.9. The number of ether oxygens (including phenoxy) is 4. The molecule has 8 heterocycles. The summed E-state index contributed by atoms with van der Waals surface area (Å²) in [4.78, 5) is 54.8. The van der Waals surface area contributed by atoms with Gasteiger partial charge in [0, 0.05) is 88.3 Å². The lowest BCUT2D eigenvalue weighted by Crippen LogP contribution is -2.47. The summed E-state index contributed by atoms with van der Waals surface area (Å²) in [5, 5.41) is 27.8. The molecule has 3 saturated heterocycles. The Morgan fingerprint density at radius 3 is 2.15 bits per heavy atom. The van der Waals surface area contributed by atoms with Gasteiger partial charge in [-0.3, -0.25) is 14.3 Å². The SMILES string of the molecule is CC(=O)Nc1nnc(S(N)(=O)=O)s1.CCC(C)n1ncn(-c2ccc(N3CCN(c4ccc(OC[C@H]5CO[C@](Cn6cncn6)(c6ccc(Cl)cc6Cl)O5)cc4)CC3)cc2)c1=O.CCCc1nn(C)c2c(=O)[nH]c(-c3cc(S(=O)(=O)N4CCN(C)CC4)ccc3OCC)nc12. The van der Waals surface area contributed by atoms with Gasteiger partial charge in [-0.2, -0.15) is 19.6 Å². The second-order valence-electron chi connectivity index (χ2n) is 22.6. The maximum absolute atomic E-state index is 13.3. The number of anilines is 3. The summed E-state index contributed by atoms with van der Waals surface area (Å²) in [5.41, 5.74) is 5.39. The predicted molar refractivity (Wildman–Crippen MR) is 360 cm³/mol. The number of hydrogen-bond acceptors (Lipinski definition) is 22. The summed E-state index contributed by atoms with van der Waals surface area (Å²) in [6.07, 6.45) is 6.73. The average molecular weight is 1400 g/mol. The smallest absolute Gasteiger partial charge is 0.350 e. The molecular formula is C61H74Cl2N18O11S3. The van der Waals surface area contributed by atoms with Crippen molar-refractivity contribution in [3.8, 4) is 28.6 Å². The number of carbonyl (C=O) groups is 1. The number of nitrogens with two attached hydrogens (primary N) is 1. The lowest BCUT2D eigenvalue weighted by Gasteiger charge is -2.37. The number of sulfonamides is 2. The highest BCUT2D eigenvalue weighted by Gasteiger charge is 2.46. The fraction of sp³-hybridized carbons (Fsp3) is 0.410. The summed E-state index contributed by atoms with van der Waals surface area (Å²) >= 11 is 13.4. The van der Waals surface area contributed by atoms with E-state index in [1.54, 1.807) is 59.3 Å². The van der Waals surface area contributed by atoms with Crippen LogP contribution in [0.2, 0.25) is 10.0 Å². The van der Waals surface area contributed by atoms with Gasteiger partial charge in [-0.05, 0) is 113 Å². The Bertz CT molecular complexity index is 4480. The largest absolute Gasteiger partial charge is 0.493 e. The van der Waals surface area contributed by atoms with Crippen molar-refractivity contribution in [3.05, 3.63) is 146 Å². The number of hydrogen-bond donors (Lipinski definition) is 3. The third kappa shape index (κ3) is 16.4. The van der Waals surface area contributed by atoms with E-state index in [9.17, 15) is 31.2 Å². The van der Waals surface area contributed by atoms with Crippen LogP contribution in [0, 0.1) is 0 Å². The van der Waals surface area contributed by atoms with E-state index >= 15 is 0 Å². The number of likely N-dealkylation sites (N-methyl/N-ethyl adjacent to an activating group) is 1. The normalized spacial score (nSPS) is 17.4.